The van der Waals surface area contributed by atoms with Crippen LogP contribution in [0, 0.1) is 24.2 Å². The summed E-state index contributed by atoms with van der Waals surface area (Å²) in [5, 5.41) is 54.2. The molecule has 3 aliphatic carbocycles. The molecular formula is C30H34O10. The molecule has 1 fully saturated rings. The highest BCUT2D eigenvalue weighted by Gasteiger charge is 2.50. The number of carbonyl (C=O) groups is 3. The van der Waals surface area contributed by atoms with Gasteiger partial charge in [-0.15, -0.1) is 6.42 Å². The van der Waals surface area contributed by atoms with Gasteiger partial charge >= 0.3 is 0 Å². The number of rotatable bonds is 5. The van der Waals surface area contributed by atoms with Crippen molar-refractivity contribution in [2.24, 2.45) is 11.8 Å². The summed E-state index contributed by atoms with van der Waals surface area (Å²) < 4.78 is 11.5. The van der Waals surface area contributed by atoms with Crippen LogP contribution in [0.2, 0.25) is 0 Å². The van der Waals surface area contributed by atoms with Crippen LogP contribution >= 0.6 is 0 Å². The van der Waals surface area contributed by atoms with Gasteiger partial charge in [0.1, 0.15) is 23.7 Å². The second-order valence-electron chi connectivity index (χ2n) is 10.9. The van der Waals surface area contributed by atoms with Crippen LogP contribution in [0.4, 0.5) is 0 Å². The van der Waals surface area contributed by atoms with Crippen molar-refractivity contribution < 1.29 is 49.4 Å². The molecule has 0 aliphatic heterocycles. The number of hydrogen-bond acceptors (Lipinski definition) is 10. The van der Waals surface area contributed by atoms with Gasteiger partial charge in [0.25, 0.3) is 0 Å². The van der Waals surface area contributed by atoms with Crippen molar-refractivity contribution in [3.8, 4) is 23.8 Å². The first kappa shape index (κ1) is 29.5. The number of fused-ring (bicyclic) bond motifs is 2. The van der Waals surface area contributed by atoms with E-state index in [0.717, 1.165) is 0 Å². The number of aromatic hydroxyl groups is 2. The van der Waals surface area contributed by atoms with Crippen LogP contribution < -0.4 is 0 Å². The molecule has 0 saturated heterocycles. The van der Waals surface area contributed by atoms with E-state index in [-0.39, 0.29) is 46.3 Å². The number of aliphatic hydroxyl groups excluding tert-OH is 2. The molecule has 0 aromatic heterocycles. The minimum atomic E-state index is -2.18. The Kier molecular flexibility index (Phi) is 7.98. The number of phenolic OH excluding ortho intramolecular Hbond substituents is 2. The van der Waals surface area contributed by atoms with Crippen LogP contribution in [0.3, 0.4) is 0 Å². The minimum Gasteiger partial charge on any atom is -0.507 e. The fraction of sp³-hybridized carbons (Fsp3) is 0.500. The third-order valence-corrected chi connectivity index (χ3v) is 8.40. The number of methoxy groups -OCH3 is 1. The molecule has 1 aromatic carbocycles. The number of terminal acetylenes is 1. The zero-order valence-electron chi connectivity index (χ0n) is 22.9. The van der Waals surface area contributed by atoms with E-state index in [1.165, 1.54) is 20.1 Å². The van der Waals surface area contributed by atoms with Crippen molar-refractivity contribution in [3.63, 3.8) is 0 Å². The number of carbonyl (C=O) groups excluding carboxylic acids is 3. The summed E-state index contributed by atoms with van der Waals surface area (Å²) >= 11 is 0. The highest BCUT2D eigenvalue weighted by molar-refractivity contribution is 6.33. The summed E-state index contributed by atoms with van der Waals surface area (Å²) in [5.74, 6) is -2.15. The Balaban J connectivity index is 1.96. The van der Waals surface area contributed by atoms with Gasteiger partial charge in [0.2, 0.25) is 5.78 Å². The topological polar surface area (TPSA) is 171 Å². The number of phenols is 2. The van der Waals surface area contributed by atoms with Gasteiger partial charge in [-0.05, 0) is 37.5 Å². The predicted octanol–water partition coefficient (Wildman–Crippen LogP) is 2.05. The van der Waals surface area contributed by atoms with Gasteiger partial charge < -0.3 is 35.0 Å². The van der Waals surface area contributed by atoms with E-state index < -0.39 is 76.9 Å². The lowest BCUT2D eigenvalue weighted by Crippen LogP contribution is -2.48. The molecule has 3 aliphatic rings. The van der Waals surface area contributed by atoms with E-state index in [1.807, 2.05) is 13.8 Å². The molecule has 40 heavy (non-hydrogen) atoms. The molecule has 0 amide bonds. The van der Waals surface area contributed by atoms with Gasteiger partial charge in [0, 0.05) is 29.5 Å². The predicted molar refractivity (Wildman–Crippen MR) is 142 cm³/mol. The first-order chi connectivity index (χ1) is 18.8. The fourth-order valence-electron chi connectivity index (χ4n) is 6.35. The molecule has 0 heterocycles. The highest BCUT2D eigenvalue weighted by atomic mass is 16.5. The molecule has 0 spiro atoms. The van der Waals surface area contributed by atoms with E-state index in [4.69, 9.17) is 15.9 Å². The standard InChI is InChI=1S/C30H34O10/c1-6-16-21(18(7-2)39-5)28(36)24-23(26(16)34)27(35)17-10-30(38,20(32)12-31)11-19(22(17)29(24)37)40-15-8-13(3)25(33)14(4)9-15/h2,6,13-15,19,25,31,33,35,37-38H,8-12H2,1,3-5H3/b16-6+,21-18-/t13-,14+,15?,19-,25?,30-/m1/s1. The second-order valence-corrected chi connectivity index (χ2v) is 10.9. The normalized spacial score (nSPS) is 32.2. The summed E-state index contributed by atoms with van der Waals surface area (Å²) in [5.41, 5.74) is -3.73. The second kappa shape index (κ2) is 10.8. The summed E-state index contributed by atoms with van der Waals surface area (Å²) in [6, 6.07) is 0. The Hall–Kier alpha value is -3.49. The molecule has 2 unspecified atom stereocenters. The lowest BCUT2D eigenvalue weighted by molar-refractivity contribution is -0.152. The fourth-order valence-corrected chi connectivity index (χ4v) is 6.35. The molecule has 0 bridgehead atoms. The maximum Gasteiger partial charge on any atom is 0.202 e. The van der Waals surface area contributed by atoms with Crippen molar-refractivity contribution >= 4 is 17.3 Å². The zero-order chi connectivity index (χ0) is 29.7. The van der Waals surface area contributed by atoms with Gasteiger partial charge in [0.05, 0.1) is 42.1 Å². The Labute approximate surface area is 231 Å². The highest BCUT2D eigenvalue weighted by Crippen LogP contribution is 2.53. The number of aliphatic hydroxyl groups is 3. The smallest absolute Gasteiger partial charge is 0.202 e. The molecule has 5 N–H and O–H groups in total. The quantitative estimate of drug-likeness (QED) is 0.157. The Morgan fingerprint density at radius 3 is 2.25 bits per heavy atom. The van der Waals surface area contributed by atoms with Crippen LogP contribution in [0.25, 0.3) is 0 Å². The van der Waals surface area contributed by atoms with Crippen LogP contribution in [-0.2, 0) is 20.7 Å². The maximum atomic E-state index is 13.7. The number of Topliss-reactive ketones (excluding diaryl/α,β-unsaturated/α-hetero) is 3. The summed E-state index contributed by atoms with van der Waals surface area (Å²) in [6.07, 6.45) is 4.61. The Morgan fingerprint density at radius 1 is 1.12 bits per heavy atom. The van der Waals surface area contributed by atoms with Gasteiger partial charge in [-0.3, -0.25) is 14.4 Å². The molecule has 214 valence electrons. The van der Waals surface area contributed by atoms with Crippen LogP contribution in [-0.4, -0.2) is 74.4 Å². The molecule has 6 atom stereocenters. The monoisotopic (exact) mass is 554 g/mol. The largest absolute Gasteiger partial charge is 0.507 e. The van der Waals surface area contributed by atoms with Crippen molar-refractivity contribution in [2.45, 2.75) is 70.4 Å². The summed E-state index contributed by atoms with van der Waals surface area (Å²) in [6.45, 7) is 4.25. The molecule has 1 saturated carbocycles. The van der Waals surface area contributed by atoms with Gasteiger partial charge in [0.15, 0.2) is 17.3 Å². The molecule has 4 rings (SSSR count). The van der Waals surface area contributed by atoms with E-state index in [0.29, 0.717) is 12.8 Å². The maximum absolute atomic E-state index is 13.7. The van der Waals surface area contributed by atoms with Crippen molar-refractivity contribution in [3.05, 3.63) is 45.2 Å². The minimum absolute atomic E-state index is 0.0396. The average Bonchev–Trinajstić information content (AvgIpc) is 2.91. The Morgan fingerprint density at radius 2 is 1.73 bits per heavy atom. The van der Waals surface area contributed by atoms with Crippen molar-refractivity contribution in [1.82, 2.24) is 0 Å². The van der Waals surface area contributed by atoms with Crippen LogP contribution in [0.1, 0.15) is 78.0 Å². The molecule has 1 aromatic rings. The van der Waals surface area contributed by atoms with E-state index in [9.17, 15) is 39.9 Å². The molecule has 0 radical (unpaired) electrons. The number of allylic oxidation sites excluding steroid dienone is 4. The van der Waals surface area contributed by atoms with E-state index in [1.54, 1.807) is 0 Å². The lowest BCUT2D eigenvalue weighted by atomic mass is 9.71. The molecular weight excluding hydrogens is 520 g/mol. The first-order valence-corrected chi connectivity index (χ1v) is 13.2. The number of ketones is 3. The van der Waals surface area contributed by atoms with Gasteiger partial charge in [-0.2, -0.15) is 0 Å². The molecule has 10 nitrogen and oxygen atoms in total. The average molecular weight is 555 g/mol. The van der Waals surface area contributed by atoms with E-state index >= 15 is 0 Å². The van der Waals surface area contributed by atoms with Crippen LogP contribution in [0.15, 0.2) is 23.0 Å². The Bertz CT molecular complexity index is 1370. The zero-order valence-corrected chi connectivity index (χ0v) is 22.9. The first-order valence-electron chi connectivity index (χ1n) is 13.2. The summed E-state index contributed by atoms with van der Waals surface area (Å²) in [4.78, 5) is 40.0. The third-order valence-electron chi connectivity index (χ3n) is 8.40. The number of ether oxygens (including phenoxy) is 2. The lowest BCUT2D eigenvalue weighted by Gasteiger charge is -2.42. The third kappa shape index (κ3) is 4.53. The number of benzene rings is 1. The number of hydrogen-bond donors (Lipinski definition) is 5. The SMILES string of the molecule is C#C/C(OC)=C1/C(=O)c2c(O)c3c(c(O)c2C(=O)/C1=C/C)C[C@](O)(C(=O)CO)C[C@H]3OC1C[C@@H](C)C(O)[C@@H](C)C1. The van der Waals surface area contributed by atoms with Crippen molar-refractivity contribution in [2.75, 3.05) is 13.7 Å². The van der Waals surface area contributed by atoms with Crippen molar-refractivity contribution in [1.29, 1.82) is 0 Å². The van der Waals surface area contributed by atoms with Gasteiger partial charge in [-0.25, -0.2) is 0 Å². The van der Waals surface area contributed by atoms with Crippen LogP contribution in [0.5, 0.6) is 11.5 Å². The van der Waals surface area contributed by atoms with E-state index in [2.05, 4.69) is 5.92 Å². The van der Waals surface area contributed by atoms with Gasteiger partial charge in [-0.1, -0.05) is 19.9 Å². The summed E-state index contributed by atoms with van der Waals surface area (Å²) in [7, 11) is 1.24. The molecule has 10 heteroatoms.